The van der Waals surface area contributed by atoms with Gasteiger partial charge in [0.2, 0.25) is 0 Å². The van der Waals surface area contributed by atoms with Crippen molar-refractivity contribution in [3.8, 4) is 11.5 Å². The zero-order valence-corrected chi connectivity index (χ0v) is 17.3. The van der Waals surface area contributed by atoms with Crippen molar-refractivity contribution >= 4 is 23.2 Å². The molecule has 0 saturated heterocycles. The third-order valence-corrected chi connectivity index (χ3v) is 4.88. The first-order valence-corrected chi connectivity index (χ1v) is 10.3. The van der Waals surface area contributed by atoms with Gasteiger partial charge >= 0.3 is 0 Å². The molecule has 0 aliphatic carbocycles. The highest BCUT2D eigenvalue weighted by Gasteiger charge is 2.05. The highest BCUT2D eigenvalue weighted by atomic mass is 16.5. The normalized spacial score (nSPS) is 11.0. The van der Waals surface area contributed by atoms with E-state index in [9.17, 15) is 4.79 Å². The first-order valence-electron chi connectivity index (χ1n) is 10.3. The Labute approximate surface area is 178 Å². The third kappa shape index (κ3) is 5.98. The molecular weight excluding hydrogens is 372 g/mol. The van der Waals surface area contributed by atoms with E-state index in [1.165, 1.54) is 24.8 Å². The maximum atomic E-state index is 12.5. The first-order chi connectivity index (χ1) is 14.5. The average molecular weight is 401 g/mol. The van der Waals surface area contributed by atoms with E-state index in [4.69, 9.17) is 16.2 Å². The highest BCUT2D eigenvalue weighted by molar-refractivity contribution is 6.06. The molecule has 4 N–H and O–H groups in total. The fourth-order valence-electron chi connectivity index (χ4n) is 3.12. The van der Waals surface area contributed by atoms with Gasteiger partial charge in [0.15, 0.2) is 5.78 Å². The van der Waals surface area contributed by atoms with E-state index in [-0.39, 0.29) is 5.78 Å². The molecule has 0 aliphatic heterocycles. The van der Waals surface area contributed by atoms with Crippen LogP contribution in [0.25, 0.3) is 6.08 Å². The number of anilines is 2. The van der Waals surface area contributed by atoms with Gasteiger partial charge < -0.3 is 16.2 Å². The molecule has 0 spiro atoms. The molecule has 0 bridgehead atoms. The van der Waals surface area contributed by atoms with Crippen LogP contribution in [0.3, 0.4) is 0 Å². The molecule has 0 amide bonds. The fraction of sp³-hybridized carbons (Fsp3) is 0.192. The zero-order valence-electron chi connectivity index (χ0n) is 17.3. The van der Waals surface area contributed by atoms with Crippen LogP contribution in [-0.2, 0) is 6.42 Å². The molecule has 4 nitrogen and oxygen atoms in total. The lowest BCUT2D eigenvalue weighted by Crippen LogP contribution is -1.96. The van der Waals surface area contributed by atoms with Crippen LogP contribution < -0.4 is 16.2 Å². The standard InChI is InChI=1S/C26H28N2O2/c1-2-3-4-5-19-6-8-20(9-7-19)10-16-25(29)21-11-14-23(15-12-21)30-26-17-13-22(27)18-24(26)28/h6-18H,2-5,27-28H2,1H3. The predicted octanol–water partition coefficient (Wildman–Crippen LogP) is 6.27. The van der Waals surface area contributed by atoms with Crippen molar-refractivity contribution in [2.75, 3.05) is 11.5 Å². The van der Waals surface area contributed by atoms with E-state index in [2.05, 4.69) is 31.2 Å². The minimum absolute atomic E-state index is 0.0550. The largest absolute Gasteiger partial charge is 0.455 e. The number of benzene rings is 3. The number of rotatable bonds is 9. The van der Waals surface area contributed by atoms with Crippen LogP contribution in [0.4, 0.5) is 11.4 Å². The number of unbranched alkanes of at least 4 members (excludes halogenated alkanes) is 2. The molecule has 0 aromatic heterocycles. The molecule has 0 heterocycles. The number of hydrogen-bond donors (Lipinski definition) is 2. The Hall–Kier alpha value is -3.53. The molecule has 0 saturated carbocycles. The Balaban J connectivity index is 1.58. The van der Waals surface area contributed by atoms with Crippen LogP contribution in [0.1, 0.15) is 47.7 Å². The highest BCUT2D eigenvalue weighted by Crippen LogP contribution is 2.29. The van der Waals surface area contributed by atoms with Gasteiger partial charge in [-0.15, -0.1) is 0 Å². The second kappa shape index (κ2) is 10.3. The Morgan fingerprint density at radius 1 is 0.933 bits per heavy atom. The molecule has 0 unspecified atom stereocenters. The van der Waals surface area contributed by atoms with E-state index in [0.29, 0.717) is 28.4 Å². The van der Waals surface area contributed by atoms with Crippen LogP contribution in [-0.4, -0.2) is 5.78 Å². The minimum atomic E-state index is -0.0550. The van der Waals surface area contributed by atoms with E-state index in [0.717, 1.165) is 12.0 Å². The average Bonchev–Trinajstić information content (AvgIpc) is 2.75. The van der Waals surface area contributed by atoms with Crippen LogP contribution in [0.2, 0.25) is 0 Å². The van der Waals surface area contributed by atoms with Crippen molar-refractivity contribution in [2.24, 2.45) is 0 Å². The maximum absolute atomic E-state index is 12.5. The number of nitrogen functional groups attached to an aromatic ring is 2. The summed E-state index contributed by atoms with van der Waals surface area (Å²) in [5.41, 5.74) is 15.6. The van der Waals surface area contributed by atoms with Gasteiger partial charge in [0.25, 0.3) is 0 Å². The lowest BCUT2D eigenvalue weighted by molar-refractivity contribution is 0.104. The van der Waals surface area contributed by atoms with Crippen molar-refractivity contribution in [1.29, 1.82) is 0 Å². The summed E-state index contributed by atoms with van der Waals surface area (Å²) in [4.78, 5) is 12.5. The van der Waals surface area contributed by atoms with Gasteiger partial charge in [-0.3, -0.25) is 4.79 Å². The van der Waals surface area contributed by atoms with Crippen LogP contribution in [0.5, 0.6) is 11.5 Å². The number of nitrogens with two attached hydrogens (primary N) is 2. The summed E-state index contributed by atoms with van der Waals surface area (Å²) in [7, 11) is 0. The van der Waals surface area contributed by atoms with Crippen molar-refractivity contribution < 1.29 is 9.53 Å². The zero-order chi connectivity index (χ0) is 21.3. The van der Waals surface area contributed by atoms with Gasteiger partial charge in [-0.25, -0.2) is 0 Å². The Kier molecular flexibility index (Phi) is 7.28. The molecule has 0 atom stereocenters. The Bertz CT molecular complexity index is 1010. The number of aryl methyl sites for hydroxylation is 1. The molecule has 3 aromatic rings. The van der Waals surface area contributed by atoms with E-state index >= 15 is 0 Å². The summed E-state index contributed by atoms with van der Waals surface area (Å²) < 4.78 is 5.76. The van der Waals surface area contributed by atoms with Gasteiger partial charge in [-0.2, -0.15) is 0 Å². The molecule has 3 aromatic carbocycles. The number of ether oxygens (including phenoxy) is 1. The van der Waals surface area contributed by atoms with E-state index in [1.54, 1.807) is 48.5 Å². The van der Waals surface area contributed by atoms with Gasteiger partial charge in [0.1, 0.15) is 11.5 Å². The number of hydrogen-bond acceptors (Lipinski definition) is 4. The van der Waals surface area contributed by atoms with E-state index in [1.807, 2.05) is 6.08 Å². The summed E-state index contributed by atoms with van der Waals surface area (Å²) in [6, 6.07) is 20.5. The molecule has 154 valence electrons. The summed E-state index contributed by atoms with van der Waals surface area (Å²) in [5, 5.41) is 0. The van der Waals surface area contributed by atoms with Crippen LogP contribution in [0, 0.1) is 0 Å². The second-order valence-electron chi connectivity index (χ2n) is 7.32. The number of carbonyl (C=O) groups excluding carboxylic acids is 1. The molecule has 3 rings (SSSR count). The fourth-order valence-corrected chi connectivity index (χ4v) is 3.12. The Morgan fingerprint density at radius 2 is 1.67 bits per heavy atom. The topological polar surface area (TPSA) is 78.3 Å². The summed E-state index contributed by atoms with van der Waals surface area (Å²) in [6.45, 7) is 2.21. The summed E-state index contributed by atoms with van der Waals surface area (Å²) >= 11 is 0. The molecular formula is C26H28N2O2. The number of allylic oxidation sites excluding steroid dienone is 1. The second-order valence-corrected chi connectivity index (χ2v) is 7.32. The smallest absolute Gasteiger partial charge is 0.185 e. The summed E-state index contributed by atoms with van der Waals surface area (Å²) in [6.07, 6.45) is 8.25. The van der Waals surface area contributed by atoms with Crippen LogP contribution >= 0.6 is 0 Å². The lowest BCUT2D eigenvalue weighted by Gasteiger charge is -2.09. The first kappa shape index (κ1) is 21.2. The van der Waals surface area contributed by atoms with Gasteiger partial charge in [0.05, 0.1) is 5.69 Å². The number of carbonyl (C=O) groups is 1. The molecule has 0 fully saturated rings. The van der Waals surface area contributed by atoms with Crippen molar-refractivity contribution in [3.63, 3.8) is 0 Å². The van der Waals surface area contributed by atoms with Crippen molar-refractivity contribution in [1.82, 2.24) is 0 Å². The molecule has 0 radical (unpaired) electrons. The van der Waals surface area contributed by atoms with Gasteiger partial charge in [0, 0.05) is 11.3 Å². The van der Waals surface area contributed by atoms with Crippen LogP contribution in [0.15, 0.2) is 72.8 Å². The number of ketones is 1. The predicted molar refractivity (Wildman–Crippen MR) is 125 cm³/mol. The quantitative estimate of drug-likeness (QED) is 0.192. The molecule has 4 heteroatoms. The minimum Gasteiger partial charge on any atom is -0.455 e. The summed E-state index contributed by atoms with van der Waals surface area (Å²) in [5.74, 6) is 1.08. The molecule has 0 aliphatic rings. The third-order valence-electron chi connectivity index (χ3n) is 4.88. The Morgan fingerprint density at radius 3 is 2.33 bits per heavy atom. The monoisotopic (exact) mass is 400 g/mol. The molecule has 30 heavy (non-hydrogen) atoms. The maximum Gasteiger partial charge on any atom is 0.185 e. The lowest BCUT2D eigenvalue weighted by atomic mass is 10.0. The van der Waals surface area contributed by atoms with E-state index < -0.39 is 0 Å². The van der Waals surface area contributed by atoms with Gasteiger partial charge in [-0.1, -0.05) is 50.1 Å². The van der Waals surface area contributed by atoms with Gasteiger partial charge in [-0.05, 0) is 72.5 Å². The SMILES string of the molecule is CCCCCc1ccc(C=CC(=O)c2ccc(Oc3ccc(N)cc3N)cc2)cc1. The van der Waals surface area contributed by atoms with Crippen molar-refractivity contribution in [2.45, 2.75) is 32.6 Å². The van der Waals surface area contributed by atoms with Crippen molar-refractivity contribution in [3.05, 3.63) is 89.5 Å².